The Balaban J connectivity index is 1.59. The number of halogens is 1. The minimum atomic E-state index is 0.692. The molecule has 0 radical (unpaired) electrons. The lowest BCUT2D eigenvalue weighted by molar-refractivity contribution is 0.229. The van der Waals surface area contributed by atoms with Crippen molar-refractivity contribution in [3.8, 4) is 5.75 Å². The first-order valence-corrected chi connectivity index (χ1v) is 7.14. The van der Waals surface area contributed by atoms with E-state index in [9.17, 15) is 0 Å². The van der Waals surface area contributed by atoms with Gasteiger partial charge in [0.25, 0.3) is 0 Å². The number of ether oxygens (including phenoxy) is 1. The molecule has 0 saturated carbocycles. The maximum absolute atomic E-state index is 5.91. The van der Waals surface area contributed by atoms with E-state index in [0.29, 0.717) is 11.6 Å². The first kappa shape index (κ1) is 14.6. The molecule has 0 aromatic heterocycles. The van der Waals surface area contributed by atoms with Gasteiger partial charge in [-0.25, -0.2) is 0 Å². The summed E-state index contributed by atoms with van der Waals surface area (Å²) in [4.78, 5) is 2.31. The van der Waals surface area contributed by atoms with Crippen LogP contribution in [-0.4, -0.2) is 44.7 Å². The molecule has 0 amide bonds. The smallest absolute Gasteiger partial charge is 0.120 e. The van der Waals surface area contributed by atoms with E-state index in [1.807, 2.05) is 24.3 Å². The van der Waals surface area contributed by atoms with Crippen molar-refractivity contribution in [2.45, 2.75) is 6.42 Å². The molecule has 2 rings (SSSR count). The molecule has 106 valence electrons. The van der Waals surface area contributed by atoms with Crippen molar-refractivity contribution in [1.29, 1.82) is 0 Å². The van der Waals surface area contributed by atoms with E-state index >= 15 is 0 Å². The van der Waals surface area contributed by atoms with E-state index in [0.717, 1.165) is 37.8 Å². The third-order valence-electron chi connectivity index (χ3n) is 3.36. The third-order valence-corrected chi connectivity index (χ3v) is 3.60. The number of likely N-dealkylation sites (N-methyl/N-ethyl adjacent to an activating group) is 1. The van der Waals surface area contributed by atoms with Crippen molar-refractivity contribution in [3.63, 3.8) is 0 Å². The van der Waals surface area contributed by atoms with E-state index in [1.54, 1.807) is 0 Å². The van der Waals surface area contributed by atoms with Gasteiger partial charge in [0.1, 0.15) is 12.4 Å². The number of rotatable bonds is 7. The van der Waals surface area contributed by atoms with Crippen molar-refractivity contribution < 1.29 is 4.74 Å². The minimum absolute atomic E-state index is 0.692. The van der Waals surface area contributed by atoms with Crippen molar-refractivity contribution in [2.75, 3.05) is 39.8 Å². The molecule has 1 aliphatic rings. The Hall–Kier alpha value is -0.810. The van der Waals surface area contributed by atoms with Gasteiger partial charge in [0.05, 0.1) is 0 Å². The van der Waals surface area contributed by atoms with Gasteiger partial charge in [0.15, 0.2) is 0 Å². The Morgan fingerprint density at radius 3 is 2.84 bits per heavy atom. The number of hydrogen-bond donors (Lipinski definition) is 2. The zero-order valence-corrected chi connectivity index (χ0v) is 12.1. The molecule has 0 unspecified atom stereocenters. The van der Waals surface area contributed by atoms with Crippen molar-refractivity contribution in [1.82, 2.24) is 15.8 Å². The van der Waals surface area contributed by atoms with Gasteiger partial charge in [-0.3, -0.25) is 10.9 Å². The van der Waals surface area contributed by atoms with Crippen LogP contribution in [-0.2, 0) is 0 Å². The summed E-state index contributed by atoms with van der Waals surface area (Å²) in [5, 5.41) is 0.715. The summed E-state index contributed by atoms with van der Waals surface area (Å²) < 4.78 is 5.68. The number of hydrazine groups is 1. The molecule has 1 aromatic rings. The van der Waals surface area contributed by atoms with Crippen LogP contribution in [0.2, 0.25) is 5.02 Å². The Morgan fingerprint density at radius 2 is 2.11 bits per heavy atom. The molecule has 4 nitrogen and oxygen atoms in total. The molecule has 1 fully saturated rings. The predicted octanol–water partition coefficient (Wildman–Crippen LogP) is 1.76. The molecule has 0 atom stereocenters. The van der Waals surface area contributed by atoms with Crippen LogP contribution in [0.4, 0.5) is 0 Å². The lowest BCUT2D eigenvalue weighted by Crippen LogP contribution is -2.27. The van der Waals surface area contributed by atoms with Gasteiger partial charge in [-0.1, -0.05) is 17.7 Å². The number of benzene rings is 1. The van der Waals surface area contributed by atoms with Gasteiger partial charge in [-0.05, 0) is 44.1 Å². The third kappa shape index (κ3) is 5.37. The summed E-state index contributed by atoms with van der Waals surface area (Å²) in [5.41, 5.74) is 6.32. The first-order valence-electron chi connectivity index (χ1n) is 6.76. The van der Waals surface area contributed by atoms with Crippen molar-refractivity contribution >= 4 is 11.6 Å². The van der Waals surface area contributed by atoms with E-state index < -0.39 is 0 Å². The highest BCUT2D eigenvalue weighted by Crippen LogP contribution is 2.16. The second-order valence-electron chi connectivity index (χ2n) is 5.03. The average Bonchev–Trinajstić information content (AvgIpc) is 2.89. The van der Waals surface area contributed by atoms with Gasteiger partial charge in [-0.2, -0.15) is 0 Å². The Labute approximate surface area is 120 Å². The van der Waals surface area contributed by atoms with E-state index in [-0.39, 0.29) is 0 Å². The second-order valence-corrected chi connectivity index (χ2v) is 5.46. The van der Waals surface area contributed by atoms with Gasteiger partial charge in [0, 0.05) is 24.7 Å². The Bertz CT molecular complexity index is 383. The topological polar surface area (TPSA) is 36.5 Å². The van der Waals surface area contributed by atoms with Crippen LogP contribution in [0.5, 0.6) is 5.75 Å². The maximum Gasteiger partial charge on any atom is 0.120 e. The van der Waals surface area contributed by atoms with E-state index in [4.69, 9.17) is 16.3 Å². The zero-order chi connectivity index (χ0) is 13.5. The van der Waals surface area contributed by atoms with Gasteiger partial charge in [0.2, 0.25) is 0 Å². The quantitative estimate of drug-likeness (QED) is 0.800. The fourth-order valence-electron chi connectivity index (χ4n) is 2.10. The fraction of sp³-hybridized carbons (Fsp3) is 0.571. The van der Waals surface area contributed by atoms with Crippen LogP contribution in [0, 0.1) is 5.92 Å². The molecule has 0 aliphatic carbocycles. The molecule has 5 heteroatoms. The van der Waals surface area contributed by atoms with Crippen LogP contribution >= 0.6 is 11.6 Å². The standard InChI is InChI=1S/C14H22ClN3O/c1-18(6-5-12-10-16-17-11-12)7-8-19-14-4-2-3-13(15)9-14/h2-4,9,12,16-17H,5-8,10-11H2,1H3. The van der Waals surface area contributed by atoms with E-state index in [1.165, 1.54) is 6.42 Å². The fourth-order valence-corrected chi connectivity index (χ4v) is 2.28. The lowest BCUT2D eigenvalue weighted by Gasteiger charge is -2.18. The molecule has 1 heterocycles. The van der Waals surface area contributed by atoms with Crippen LogP contribution in [0.3, 0.4) is 0 Å². The molecular weight excluding hydrogens is 262 g/mol. The monoisotopic (exact) mass is 283 g/mol. The number of nitrogens with zero attached hydrogens (tertiary/aromatic N) is 1. The summed E-state index contributed by atoms with van der Waals surface area (Å²) in [7, 11) is 2.14. The molecule has 1 aromatic carbocycles. The summed E-state index contributed by atoms with van der Waals surface area (Å²) >= 11 is 5.91. The van der Waals surface area contributed by atoms with Crippen molar-refractivity contribution in [2.24, 2.45) is 5.92 Å². The van der Waals surface area contributed by atoms with Crippen LogP contribution in [0.15, 0.2) is 24.3 Å². The van der Waals surface area contributed by atoms with Gasteiger partial charge < -0.3 is 9.64 Å². The Morgan fingerprint density at radius 1 is 1.32 bits per heavy atom. The predicted molar refractivity (Wildman–Crippen MR) is 78.6 cm³/mol. The first-order chi connectivity index (χ1) is 9.24. The molecule has 0 bridgehead atoms. The van der Waals surface area contributed by atoms with Gasteiger partial charge >= 0.3 is 0 Å². The molecule has 19 heavy (non-hydrogen) atoms. The van der Waals surface area contributed by atoms with Crippen LogP contribution < -0.4 is 15.6 Å². The SMILES string of the molecule is CN(CCOc1cccc(Cl)c1)CCC1CNNC1. The van der Waals surface area contributed by atoms with E-state index in [2.05, 4.69) is 22.8 Å². The Kier molecular flexibility index (Phi) is 5.92. The summed E-state index contributed by atoms with van der Waals surface area (Å²) in [6, 6.07) is 7.53. The summed E-state index contributed by atoms with van der Waals surface area (Å²) in [6.45, 7) is 4.88. The normalized spacial score (nSPS) is 16.2. The molecular formula is C14H22ClN3O. The maximum atomic E-state index is 5.91. The highest BCUT2D eigenvalue weighted by Gasteiger charge is 2.14. The van der Waals surface area contributed by atoms with Crippen LogP contribution in [0.1, 0.15) is 6.42 Å². The number of nitrogens with one attached hydrogen (secondary N) is 2. The summed E-state index contributed by atoms with van der Waals surface area (Å²) in [5.74, 6) is 1.58. The van der Waals surface area contributed by atoms with Crippen LogP contribution in [0.25, 0.3) is 0 Å². The molecule has 2 N–H and O–H groups in total. The molecule has 0 spiro atoms. The highest BCUT2D eigenvalue weighted by atomic mass is 35.5. The molecule has 1 aliphatic heterocycles. The van der Waals surface area contributed by atoms with Crippen molar-refractivity contribution in [3.05, 3.63) is 29.3 Å². The number of hydrogen-bond acceptors (Lipinski definition) is 4. The lowest BCUT2D eigenvalue weighted by atomic mass is 10.1. The molecule has 1 saturated heterocycles. The second kappa shape index (κ2) is 7.70. The highest BCUT2D eigenvalue weighted by molar-refractivity contribution is 6.30. The average molecular weight is 284 g/mol. The zero-order valence-electron chi connectivity index (χ0n) is 11.4. The van der Waals surface area contributed by atoms with Gasteiger partial charge in [-0.15, -0.1) is 0 Å². The minimum Gasteiger partial charge on any atom is -0.492 e. The summed E-state index contributed by atoms with van der Waals surface area (Å²) in [6.07, 6.45) is 1.22. The largest absolute Gasteiger partial charge is 0.492 e.